The molecule has 1 rings (SSSR count). The molecule has 5 nitrogen and oxygen atoms in total. The SMILES string of the molecule is N#CC(CO)Cc1ccc(Cl)c([N+](=O)[O-])c1. The minimum Gasteiger partial charge on any atom is -0.395 e. The highest BCUT2D eigenvalue weighted by molar-refractivity contribution is 6.32. The zero-order chi connectivity index (χ0) is 12.1. The molecule has 0 amide bonds. The number of halogens is 1. The highest BCUT2D eigenvalue weighted by Gasteiger charge is 2.14. The first kappa shape index (κ1) is 12.4. The summed E-state index contributed by atoms with van der Waals surface area (Å²) in [5, 5.41) is 28.2. The van der Waals surface area contributed by atoms with Crippen molar-refractivity contribution in [1.82, 2.24) is 0 Å². The van der Waals surface area contributed by atoms with Crippen LogP contribution in [0.3, 0.4) is 0 Å². The van der Waals surface area contributed by atoms with Crippen molar-refractivity contribution in [2.75, 3.05) is 6.61 Å². The van der Waals surface area contributed by atoms with Gasteiger partial charge in [-0.3, -0.25) is 10.1 Å². The number of nitrogens with zero attached hydrogens (tertiary/aromatic N) is 2. The van der Waals surface area contributed by atoms with Gasteiger partial charge in [0.1, 0.15) is 5.02 Å². The van der Waals surface area contributed by atoms with Gasteiger partial charge in [-0.05, 0) is 18.1 Å². The molecule has 1 aromatic carbocycles. The Labute approximate surface area is 97.0 Å². The molecule has 1 atom stereocenters. The van der Waals surface area contributed by atoms with Crippen LogP contribution in [0, 0.1) is 27.4 Å². The lowest BCUT2D eigenvalue weighted by Gasteiger charge is -2.05. The van der Waals surface area contributed by atoms with Crippen LogP contribution in [0.4, 0.5) is 5.69 Å². The lowest BCUT2D eigenvalue weighted by molar-refractivity contribution is -0.384. The van der Waals surface area contributed by atoms with Gasteiger partial charge in [-0.25, -0.2) is 0 Å². The Morgan fingerprint density at radius 1 is 1.62 bits per heavy atom. The monoisotopic (exact) mass is 240 g/mol. The summed E-state index contributed by atoms with van der Waals surface area (Å²) in [7, 11) is 0. The van der Waals surface area contributed by atoms with Crippen molar-refractivity contribution in [3.8, 4) is 6.07 Å². The van der Waals surface area contributed by atoms with Gasteiger partial charge < -0.3 is 5.11 Å². The topological polar surface area (TPSA) is 87.2 Å². The average molecular weight is 241 g/mol. The fourth-order valence-electron chi connectivity index (χ4n) is 1.26. The molecule has 0 spiro atoms. The van der Waals surface area contributed by atoms with Crippen molar-refractivity contribution >= 4 is 17.3 Å². The fraction of sp³-hybridized carbons (Fsp3) is 0.300. The van der Waals surface area contributed by atoms with Crippen LogP contribution in [0.1, 0.15) is 5.56 Å². The maximum atomic E-state index is 10.6. The minimum atomic E-state index is -0.577. The zero-order valence-electron chi connectivity index (χ0n) is 8.26. The Morgan fingerprint density at radius 3 is 2.81 bits per heavy atom. The van der Waals surface area contributed by atoms with Gasteiger partial charge in [0.2, 0.25) is 0 Å². The summed E-state index contributed by atoms with van der Waals surface area (Å²) >= 11 is 5.64. The molecular formula is C10H9ClN2O3. The molecule has 0 aliphatic rings. The lowest BCUT2D eigenvalue weighted by Crippen LogP contribution is -2.07. The van der Waals surface area contributed by atoms with Crippen LogP contribution in [0.5, 0.6) is 0 Å². The van der Waals surface area contributed by atoms with E-state index in [4.69, 9.17) is 22.0 Å². The normalized spacial score (nSPS) is 11.8. The first-order valence-electron chi connectivity index (χ1n) is 4.51. The van der Waals surface area contributed by atoms with Crippen molar-refractivity contribution in [2.45, 2.75) is 6.42 Å². The second-order valence-corrected chi connectivity index (χ2v) is 3.66. The van der Waals surface area contributed by atoms with Crippen molar-refractivity contribution < 1.29 is 10.0 Å². The summed E-state index contributed by atoms with van der Waals surface area (Å²) in [6.07, 6.45) is 0.269. The molecule has 84 valence electrons. The molecule has 0 radical (unpaired) electrons. The highest BCUT2D eigenvalue weighted by atomic mass is 35.5. The summed E-state index contributed by atoms with van der Waals surface area (Å²) in [6, 6.07) is 6.26. The Morgan fingerprint density at radius 2 is 2.31 bits per heavy atom. The number of aliphatic hydroxyl groups excluding tert-OH is 1. The van der Waals surface area contributed by atoms with Gasteiger partial charge in [0.15, 0.2) is 0 Å². The number of nitro benzene ring substituents is 1. The van der Waals surface area contributed by atoms with Crippen molar-refractivity contribution in [3.05, 3.63) is 38.9 Å². The van der Waals surface area contributed by atoms with E-state index in [2.05, 4.69) is 0 Å². The molecule has 0 saturated carbocycles. The number of nitro groups is 1. The van der Waals surface area contributed by atoms with E-state index in [-0.39, 0.29) is 23.7 Å². The van der Waals surface area contributed by atoms with Gasteiger partial charge in [0, 0.05) is 6.07 Å². The van der Waals surface area contributed by atoms with E-state index in [0.717, 1.165) is 0 Å². The number of nitriles is 1. The summed E-state index contributed by atoms with van der Waals surface area (Å²) < 4.78 is 0. The maximum Gasteiger partial charge on any atom is 0.288 e. The average Bonchev–Trinajstić information content (AvgIpc) is 2.27. The lowest BCUT2D eigenvalue weighted by atomic mass is 10.0. The summed E-state index contributed by atoms with van der Waals surface area (Å²) in [6.45, 7) is -0.271. The van der Waals surface area contributed by atoms with Crippen molar-refractivity contribution in [1.29, 1.82) is 5.26 Å². The van der Waals surface area contributed by atoms with E-state index in [1.54, 1.807) is 6.07 Å². The first-order valence-corrected chi connectivity index (χ1v) is 4.89. The summed E-state index contributed by atoms with van der Waals surface area (Å²) in [5.41, 5.74) is 0.422. The number of hydrogen-bond donors (Lipinski definition) is 1. The van der Waals surface area contributed by atoms with Crippen LogP contribution in [-0.4, -0.2) is 16.6 Å². The Balaban J connectivity index is 2.96. The summed E-state index contributed by atoms with van der Waals surface area (Å²) in [5.74, 6) is -0.555. The van der Waals surface area contributed by atoms with Crippen LogP contribution in [-0.2, 0) is 6.42 Å². The number of benzene rings is 1. The van der Waals surface area contributed by atoms with Crippen LogP contribution < -0.4 is 0 Å². The molecule has 0 aliphatic carbocycles. The van der Waals surface area contributed by atoms with E-state index in [1.165, 1.54) is 12.1 Å². The highest BCUT2D eigenvalue weighted by Crippen LogP contribution is 2.26. The molecule has 6 heteroatoms. The molecular weight excluding hydrogens is 232 g/mol. The zero-order valence-corrected chi connectivity index (χ0v) is 9.02. The number of rotatable bonds is 4. The van der Waals surface area contributed by atoms with Crippen molar-refractivity contribution in [2.24, 2.45) is 5.92 Å². The second kappa shape index (κ2) is 5.45. The second-order valence-electron chi connectivity index (χ2n) is 3.26. The minimum absolute atomic E-state index is 0.0613. The Hall–Kier alpha value is -1.64. The summed E-state index contributed by atoms with van der Waals surface area (Å²) in [4.78, 5) is 10.0. The van der Waals surface area contributed by atoms with Gasteiger partial charge >= 0.3 is 0 Å². The molecule has 1 unspecified atom stereocenters. The third kappa shape index (κ3) is 2.92. The predicted molar refractivity (Wildman–Crippen MR) is 58.0 cm³/mol. The van der Waals surface area contributed by atoms with Gasteiger partial charge in [-0.2, -0.15) is 5.26 Å². The van der Waals surface area contributed by atoms with Gasteiger partial charge in [0.05, 0.1) is 23.5 Å². The molecule has 1 N–H and O–H groups in total. The molecule has 16 heavy (non-hydrogen) atoms. The van der Waals surface area contributed by atoms with Crippen LogP contribution in [0.2, 0.25) is 5.02 Å². The van der Waals surface area contributed by atoms with E-state index in [1.807, 2.05) is 6.07 Å². The van der Waals surface area contributed by atoms with Crippen molar-refractivity contribution in [3.63, 3.8) is 0 Å². The predicted octanol–water partition coefficient (Wildman–Crippen LogP) is 1.92. The smallest absolute Gasteiger partial charge is 0.288 e. The number of hydrogen-bond acceptors (Lipinski definition) is 4. The molecule has 0 fully saturated rings. The molecule has 0 bridgehead atoms. The van der Waals surface area contributed by atoms with Crippen LogP contribution >= 0.6 is 11.6 Å². The quantitative estimate of drug-likeness (QED) is 0.643. The van der Waals surface area contributed by atoms with Gasteiger partial charge in [0.25, 0.3) is 5.69 Å². The largest absolute Gasteiger partial charge is 0.395 e. The molecule has 0 aliphatic heterocycles. The molecule has 0 aromatic heterocycles. The van der Waals surface area contributed by atoms with Gasteiger partial charge in [-0.15, -0.1) is 0 Å². The molecule has 0 saturated heterocycles. The third-order valence-corrected chi connectivity index (χ3v) is 2.41. The number of aliphatic hydroxyl groups is 1. The molecule has 1 aromatic rings. The fourth-order valence-corrected chi connectivity index (χ4v) is 1.45. The maximum absolute atomic E-state index is 10.6. The van der Waals surface area contributed by atoms with E-state index in [9.17, 15) is 10.1 Å². The Bertz CT molecular complexity index is 442. The van der Waals surface area contributed by atoms with E-state index < -0.39 is 10.8 Å². The standard InChI is InChI=1S/C10H9ClN2O3/c11-9-2-1-7(3-8(5-12)6-14)4-10(9)13(15)16/h1-2,4,8,14H,3,6H2. The Kier molecular flexibility index (Phi) is 4.23. The van der Waals surface area contributed by atoms with Crippen LogP contribution in [0.15, 0.2) is 18.2 Å². The molecule has 0 heterocycles. The van der Waals surface area contributed by atoms with Gasteiger partial charge in [-0.1, -0.05) is 17.7 Å². The third-order valence-electron chi connectivity index (χ3n) is 2.09. The van der Waals surface area contributed by atoms with Crippen LogP contribution in [0.25, 0.3) is 0 Å². The van der Waals surface area contributed by atoms with E-state index in [0.29, 0.717) is 5.56 Å². The first-order chi connectivity index (χ1) is 7.58. The van der Waals surface area contributed by atoms with E-state index >= 15 is 0 Å².